The minimum atomic E-state index is 0.0525. The van der Waals surface area contributed by atoms with E-state index in [1.165, 1.54) is 0 Å². The summed E-state index contributed by atoms with van der Waals surface area (Å²) in [6.07, 6.45) is 3.81. The van der Waals surface area contributed by atoms with E-state index in [0.29, 0.717) is 6.04 Å². The lowest BCUT2D eigenvalue weighted by Gasteiger charge is -2.39. The maximum absolute atomic E-state index is 11.5. The number of likely N-dealkylation sites (tertiary alicyclic amines) is 1. The Morgan fingerprint density at radius 1 is 1.33 bits per heavy atom. The average Bonchev–Trinajstić information content (AvgIpc) is 2.81. The van der Waals surface area contributed by atoms with Gasteiger partial charge in [0.1, 0.15) is 0 Å². The normalized spacial score (nSPS) is 16.7. The number of aromatic nitrogens is 3. The topological polar surface area (TPSA) is 43.1 Å². The molecule has 94 valence electrons. The molecule has 1 aliphatic heterocycles. The molecule has 2 aromatic heterocycles. The molecule has 2 aromatic rings. The largest absolute Gasteiger partial charge is 0.314 e. The first kappa shape index (κ1) is 11.2. The van der Waals surface area contributed by atoms with Gasteiger partial charge in [0.05, 0.1) is 6.04 Å². The molecular formula is C13H16N4O. The Morgan fingerprint density at radius 3 is 2.89 bits per heavy atom. The van der Waals surface area contributed by atoms with Crippen LogP contribution in [0.3, 0.4) is 0 Å². The molecule has 3 rings (SSSR count). The molecule has 0 spiro atoms. The van der Waals surface area contributed by atoms with Crippen LogP contribution in [0.25, 0.3) is 0 Å². The van der Waals surface area contributed by atoms with Crippen molar-refractivity contribution >= 4 is 0 Å². The molecular weight excluding hydrogens is 228 g/mol. The lowest BCUT2D eigenvalue weighted by Crippen LogP contribution is -2.47. The minimum absolute atomic E-state index is 0.0525. The second-order valence-corrected chi connectivity index (χ2v) is 4.75. The average molecular weight is 244 g/mol. The first-order valence-electron chi connectivity index (χ1n) is 6.10. The third kappa shape index (κ3) is 1.97. The van der Waals surface area contributed by atoms with Crippen LogP contribution in [-0.2, 0) is 13.6 Å². The van der Waals surface area contributed by atoms with Crippen LogP contribution in [0.15, 0.2) is 41.5 Å². The molecule has 0 aliphatic carbocycles. The Labute approximate surface area is 105 Å². The summed E-state index contributed by atoms with van der Waals surface area (Å²) in [5.41, 5.74) is 1.11. The third-order valence-electron chi connectivity index (χ3n) is 3.51. The fourth-order valence-corrected chi connectivity index (χ4v) is 2.33. The van der Waals surface area contributed by atoms with Gasteiger partial charge >= 0.3 is 0 Å². The van der Waals surface area contributed by atoms with E-state index in [4.69, 9.17) is 0 Å². The molecule has 3 heterocycles. The molecule has 0 N–H and O–H groups in total. The summed E-state index contributed by atoms with van der Waals surface area (Å²) in [5.74, 6) is 0. The molecule has 0 bridgehead atoms. The van der Waals surface area contributed by atoms with Crippen molar-refractivity contribution in [2.75, 3.05) is 13.1 Å². The maximum atomic E-state index is 11.5. The highest BCUT2D eigenvalue weighted by atomic mass is 16.1. The van der Waals surface area contributed by atoms with Crippen molar-refractivity contribution in [3.8, 4) is 0 Å². The quantitative estimate of drug-likeness (QED) is 0.795. The van der Waals surface area contributed by atoms with Crippen molar-refractivity contribution in [3.05, 3.63) is 52.7 Å². The van der Waals surface area contributed by atoms with E-state index in [0.717, 1.165) is 25.3 Å². The van der Waals surface area contributed by atoms with Crippen LogP contribution in [0.4, 0.5) is 0 Å². The Bertz CT molecular complexity index is 581. The van der Waals surface area contributed by atoms with Gasteiger partial charge in [0.25, 0.3) is 0 Å². The molecule has 18 heavy (non-hydrogen) atoms. The summed E-state index contributed by atoms with van der Waals surface area (Å²) in [4.78, 5) is 13.8. The van der Waals surface area contributed by atoms with Gasteiger partial charge in [-0.05, 0) is 12.1 Å². The summed E-state index contributed by atoms with van der Waals surface area (Å²) in [6.45, 7) is 2.81. The zero-order chi connectivity index (χ0) is 12.5. The third-order valence-corrected chi connectivity index (χ3v) is 3.51. The van der Waals surface area contributed by atoms with E-state index >= 15 is 0 Å². The van der Waals surface area contributed by atoms with Gasteiger partial charge in [-0.25, -0.2) is 0 Å². The Morgan fingerprint density at radius 2 is 2.17 bits per heavy atom. The van der Waals surface area contributed by atoms with Crippen LogP contribution in [-0.4, -0.2) is 32.3 Å². The summed E-state index contributed by atoms with van der Waals surface area (Å²) < 4.78 is 3.71. The van der Waals surface area contributed by atoms with E-state index in [9.17, 15) is 4.79 Å². The highest BCUT2D eigenvalue weighted by molar-refractivity contribution is 5.07. The highest BCUT2D eigenvalue weighted by Crippen LogP contribution is 2.21. The van der Waals surface area contributed by atoms with Crippen LogP contribution < -0.4 is 5.56 Å². The summed E-state index contributed by atoms with van der Waals surface area (Å²) in [6, 6.07) is 7.83. The molecule has 0 radical (unpaired) electrons. The van der Waals surface area contributed by atoms with Crippen LogP contribution in [0.5, 0.6) is 0 Å². The number of nitrogens with zero attached hydrogens (tertiary/aromatic N) is 4. The molecule has 0 aromatic carbocycles. The molecule has 0 saturated carbocycles. The molecule has 0 unspecified atom stereocenters. The van der Waals surface area contributed by atoms with Gasteiger partial charge in [0.15, 0.2) is 0 Å². The Kier molecular flexibility index (Phi) is 2.76. The van der Waals surface area contributed by atoms with E-state index in [1.54, 1.807) is 10.6 Å². The molecule has 0 amide bonds. The lowest BCUT2D eigenvalue weighted by molar-refractivity contribution is 0.0883. The van der Waals surface area contributed by atoms with Crippen molar-refractivity contribution in [3.63, 3.8) is 0 Å². The lowest BCUT2D eigenvalue weighted by atomic mass is 10.1. The van der Waals surface area contributed by atoms with Crippen molar-refractivity contribution in [1.29, 1.82) is 0 Å². The van der Waals surface area contributed by atoms with Gasteiger partial charge in [0, 0.05) is 50.8 Å². The second kappa shape index (κ2) is 4.42. The van der Waals surface area contributed by atoms with Gasteiger partial charge in [-0.1, -0.05) is 6.07 Å². The molecule has 5 nitrogen and oxygen atoms in total. The van der Waals surface area contributed by atoms with Gasteiger partial charge in [-0.15, -0.1) is 0 Å². The second-order valence-electron chi connectivity index (χ2n) is 4.75. The Balaban J connectivity index is 1.63. The molecule has 1 saturated heterocycles. The van der Waals surface area contributed by atoms with Crippen LogP contribution >= 0.6 is 0 Å². The van der Waals surface area contributed by atoms with E-state index in [1.807, 2.05) is 42.3 Å². The smallest absolute Gasteiger partial charge is 0.250 e. The van der Waals surface area contributed by atoms with Crippen LogP contribution in [0, 0.1) is 0 Å². The molecule has 0 atom stereocenters. The van der Waals surface area contributed by atoms with Gasteiger partial charge in [-0.2, -0.15) is 5.10 Å². The van der Waals surface area contributed by atoms with Crippen molar-refractivity contribution in [1.82, 2.24) is 19.2 Å². The highest BCUT2D eigenvalue weighted by Gasteiger charge is 2.28. The van der Waals surface area contributed by atoms with Crippen LogP contribution in [0.1, 0.15) is 11.7 Å². The number of rotatable bonds is 3. The first-order chi connectivity index (χ1) is 8.74. The fraction of sp³-hybridized carbons (Fsp3) is 0.385. The van der Waals surface area contributed by atoms with Crippen molar-refractivity contribution in [2.45, 2.75) is 12.6 Å². The van der Waals surface area contributed by atoms with Gasteiger partial charge in [-0.3, -0.25) is 14.4 Å². The van der Waals surface area contributed by atoms with E-state index in [-0.39, 0.29) is 5.56 Å². The number of hydrogen-bond donors (Lipinski definition) is 0. The fourth-order valence-electron chi connectivity index (χ4n) is 2.33. The zero-order valence-electron chi connectivity index (χ0n) is 10.4. The SMILES string of the molecule is Cn1c(CN2CC(n3cccn3)C2)cccc1=O. The van der Waals surface area contributed by atoms with Crippen molar-refractivity contribution < 1.29 is 0 Å². The maximum Gasteiger partial charge on any atom is 0.250 e. The molecule has 5 heteroatoms. The number of pyridine rings is 1. The minimum Gasteiger partial charge on any atom is -0.314 e. The zero-order valence-corrected chi connectivity index (χ0v) is 10.4. The predicted molar refractivity (Wildman–Crippen MR) is 68.2 cm³/mol. The Hall–Kier alpha value is -1.88. The molecule has 1 aliphatic rings. The van der Waals surface area contributed by atoms with Crippen molar-refractivity contribution in [2.24, 2.45) is 7.05 Å². The van der Waals surface area contributed by atoms with Gasteiger partial charge in [0.2, 0.25) is 5.56 Å². The standard InChI is InChI=1S/C13H16N4O/c1-15-11(4-2-5-13(15)18)8-16-9-12(10-16)17-7-3-6-14-17/h2-7,12H,8-10H2,1H3. The summed E-state index contributed by atoms with van der Waals surface area (Å²) in [7, 11) is 1.82. The van der Waals surface area contributed by atoms with Gasteiger partial charge < -0.3 is 4.57 Å². The first-order valence-corrected chi connectivity index (χ1v) is 6.10. The summed E-state index contributed by atoms with van der Waals surface area (Å²) >= 11 is 0. The van der Waals surface area contributed by atoms with Crippen LogP contribution in [0.2, 0.25) is 0 Å². The monoisotopic (exact) mass is 244 g/mol. The predicted octanol–water partition coefficient (Wildman–Crippen LogP) is 0.639. The molecule has 1 fully saturated rings. The van der Waals surface area contributed by atoms with E-state index < -0.39 is 0 Å². The number of hydrogen-bond acceptors (Lipinski definition) is 3. The summed E-state index contributed by atoms with van der Waals surface area (Å²) in [5, 5.41) is 4.25. The van der Waals surface area contributed by atoms with E-state index in [2.05, 4.69) is 10.00 Å².